The number of hydrogen-bond donors (Lipinski definition) is 1. The highest BCUT2D eigenvalue weighted by Crippen LogP contribution is 2.17. The highest BCUT2D eigenvalue weighted by molar-refractivity contribution is 5.84. The molecule has 0 radical (unpaired) electrons. The van der Waals surface area contributed by atoms with Crippen LogP contribution in [0, 0.1) is 0 Å². The average Bonchev–Trinajstić information content (AvgIpc) is 2.73. The van der Waals surface area contributed by atoms with Crippen LogP contribution >= 0.6 is 0 Å². The summed E-state index contributed by atoms with van der Waals surface area (Å²) in [4.78, 5) is 8.82. The molecule has 0 aliphatic heterocycles. The van der Waals surface area contributed by atoms with E-state index in [1.165, 1.54) is 5.56 Å². The highest BCUT2D eigenvalue weighted by Gasteiger charge is 2.09. The molecule has 0 fully saturated rings. The van der Waals surface area contributed by atoms with E-state index in [1.54, 1.807) is 10.9 Å². The van der Waals surface area contributed by atoms with Crippen LogP contribution in [0.3, 0.4) is 0 Å². The molecule has 0 spiro atoms. The van der Waals surface area contributed by atoms with Crippen LogP contribution in [0.1, 0.15) is 11.4 Å². The zero-order valence-electron chi connectivity index (χ0n) is 10.0. The Bertz CT molecular complexity index is 687. The molecule has 0 aliphatic rings. The number of rotatable bonds is 2. The lowest BCUT2D eigenvalue weighted by Gasteiger charge is -2.03. The lowest BCUT2D eigenvalue weighted by molar-refractivity contribution is 0.781. The van der Waals surface area contributed by atoms with Crippen LogP contribution in [0.5, 0.6) is 0 Å². The number of nitrogens with two attached hydrogens (primary N) is 1. The summed E-state index contributed by atoms with van der Waals surface area (Å²) in [5, 5.41) is 4.94. The predicted molar refractivity (Wildman–Crippen MR) is 70.0 cm³/mol. The van der Waals surface area contributed by atoms with Gasteiger partial charge in [0.05, 0.1) is 11.6 Å². The van der Waals surface area contributed by atoms with Gasteiger partial charge in [-0.1, -0.05) is 30.3 Å². The predicted octanol–water partition coefficient (Wildman–Crippen LogP) is 1.54. The van der Waals surface area contributed by atoms with Crippen molar-refractivity contribution in [2.75, 3.05) is 5.73 Å². The number of aryl methyl sites for hydroxylation is 1. The number of hydrogen-bond acceptors (Lipinski definition) is 4. The van der Waals surface area contributed by atoms with Gasteiger partial charge in [0, 0.05) is 13.5 Å². The number of nitrogen functional groups attached to an aromatic ring is 1. The summed E-state index contributed by atoms with van der Waals surface area (Å²) >= 11 is 0. The van der Waals surface area contributed by atoms with E-state index in [0.29, 0.717) is 12.2 Å². The third-order valence-electron chi connectivity index (χ3n) is 2.87. The quantitative estimate of drug-likeness (QED) is 0.736. The van der Waals surface area contributed by atoms with Crippen molar-refractivity contribution in [1.29, 1.82) is 0 Å². The van der Waals surface area contributed by atoms with Crippen LogP contribution in [0.25, 0.3) is 11.0 Å². The second-order valence-corrected chi connectivity index (χ2v) is 4.19. The van der Waals surface area contributed by atoms with Gasteiger partial charge in [0.25, 0.3) is 0 Å². The molecule has 0 bridgehead atoms. The van der Waals surface area contributed by atoms with Gasteiger partial charge in [-0.3, -0.25) is 4.68 Å². The van der Waals surface area contributed by atoms with Gasteiger partial charge >= 0.3 is 0 Å². The Kier molecular flexibility index (Phi) is 2.44. The molecule has 2 N–H and O–H groups in total. The molecular formula is C13H13N5. The average molecular weight is 239 g/mol. The number of aromatic nitrogens is 4. The maximum absolute atomic E-state index is 5.92. The summed E-state index contributed by atoms with van der Waals surface area (Å²) in [7, 11) is 1.85. The van der Waals surface area contributed by atoms with Crippen LogP contribution in [-0.2, 0) is 13.5 Å². The largest absolute Gasteiger partial charge is 0.383 e. The number of nitrogens with zero attached hydrogens (tertiary/aromatic N) is 4. The third kappa shape index (κ3) is 1.79. The van der Waals surface area contributed by atoms with Gasteiger partial charge < -0.3 is 5.73 Å². The minimum Gasteiger partial charge on any atom is -0.383 e. The van der Waals surface area contributed by atoms with E-state index in [0.717, 1.165) is 16.9 Å². The summed E-state index contributed by atoms with van der Waals surface area (Å²) in [6.45, 7) is 0. The zero-order valence-corrected chi connectivity index (χ0v) is 10.0. The first-order chi connectivity index (χ1) is 8.74. The standard InChI is InChI=1S/C13H13N5/c1-18-13-10(8-15-18)12(14)16-11(17-13)7-9-5-3-2-4-6-9/h2-6,8H,7H2,1H3,(H2,14,16,17). The van der Waals surface area contributed by atoms with E-state index in [9.17, 15) is 0 Å². The SMILES string of the molecule is Cn1ncc2c(N)nc(Cc3ccccc3)nc21. The normalized spacial score (nSPS) is 10.9. The van der Waals surface area contributed by atoms with Crippen molar-refractivity contribution >= 4 is 16.9 Å². The number of anilines is 1. The van der Waals surface area contributed by atoms with Crippen molar-refractivity contribution in [2.45, 2.75) is 6.42 Å². The Hall–Kier alpha value is -2.43. The van der Waals surface area contributed by atoms with Gasteiger partial charge in [0.2, 0.25) is 0 Å². The molecule has 0 atom stereocenters. The summed E-state index contributed by atoms with van der Waals surface area (Å²) < 4.78 is 1.71. The smallest absolute Gasteiger partial charge is 0.163 e. The Labute approximate surface area is 104 Å². The monoisotopic (exact) mass is 239 g/mol. The Balaban J connectivity index is 2.05. The molecule has 0 saturated heterocycles. The van der Waals surface area contributed by atoms with E-state index in [-0.39, 0.29) is 0 Å². The molecule has 5 nitrogen and oxygen atoms in total. The lowest BCUT2D eigenvalue weighted by atomic mass is 10.1. The second kappa shape index (κ2) is 4.10. The maximum atomic E-state index is 5.92. The van der Waals surface area contributed by atoms with Crippen LogP contribution in [0.15, 0.2) is 36.5 Å². The molecule has 2 heterocycles. The molecule has 0 unspecified atom stereocenters. The summed E-state index contributed by atoms with van der Waals surface area (Å²) in [5.41, 5.74) is 7.86. The molecule has 0 amide bonds. The molecule has 3 aromatic rings. The first kappa shape index (κ1) is 10.7. The number of benzene rings is 1. The molecule has 90 valence electrons. The Morgan fingerprint density at radius 1 is 1.17 bits per heavy atom. The van der Waals surface area contributed by atoms with Gasteiger partial charge in [0.1, 0.15) is 11.6 Å². The van der Waals surface area contributed by atoms with Crippen molar-refractivity contribution in [2.24, 2.45) is 7.05 Å². The molecule has 5 heteroatoms. The van der Waals surface area contributed by atoms with Crippen LogP contribution in [0.2, 0.25) is 0 Å². The number of fused-ring (bicyclic) bond motifs is 1. The van der Waals surface area contributed by atoms with Crippen LogP contribution in [-0.4, -0.2) is 19.7 Å². The molecule has 3 rings (SSSR count). The van der Waals surface area contributed by atoms with Gasteiger partial charge in [-0.25, -0.2) is 9.97 Å². The highest BCUT2D eigenvalue weighted by atomic mass is 15.3. The van der Waals surface area contributed by atoms with Crippen molar-refractivity contribution in [1.82, 2.24) is 19.7 Å². The molecule has 0 aliphatic carbocycles. The topological polar surface area (TPSA) is 69.6 Å². The van der Waals surface area contributed by atoms with Crippen LogP contribution in [0.4, 0.5) is 5.82 Å². The van der Waals surface area contributed by atoms with Crippen molar-refractivity contribution in [3.8, 4) is 0 Å². The fourth-order valence-corrected chi connectivity index (χ4v) is 1.95. The second-order valence-electron chi connectivity index (χ2n) is 4.19. The molecule has 1 aromatic carbocycles. The first-order valence-electron chi connectivity index (χ1n) is 5.72. The Morgan fingerprint density at radius 2 is 1.94 bits per heavy atom. The molecule has 18 heavy (non-hydrogen) atoms. The van der Waals surface area contributed by atoms with Crippen molar-refractivity contribution in [3.63, 3.8) is 0 Å². The molecule has 0 saturated carbocycles. The van der Waals surface area contributed by atoms with Crippen molar-refractivity contribution in [3.05, 3.63) is 47.9 Å². The van der Waals surface area contributed by atoms with Gasteiger partial charge in [-0.05, 0) is 5.56 Å². The molecule has 2 aromatic heterocycles. The summed E-state index contributed by atoms with van der Waals surface area (Å²) in [5.74, 6) is 1.20. The summed E-state index contributed by atoms with van der Waals surface area (Å²) in [6, 6.07) is 10.1. The van der Waals surface area contributed by atoms with E-state index in [1.807, 2.05) is 37.4 Å². The Morgan fingerprint density at radius 3 is 2.72 bits per heavy atom. The van der Waals surface area contributed by atoms with Gasteiger partial charge in [-0.2, -0.15) is 5.10 Å². The van der Waals surface area contributed by atoms with Gasteiger partial charge in [0.15, 0.2) is 5.65 Å². The van der Waals surface area contributed by atoms with Crippen molar-refractivity contribution < 1.29 is 0 Å². The summed E-state index contributed by atoms with van der Waals surface area (Å²) in [6.07, 6.45) is 2.36. The first-order valence-corrected chi connectivity index (χ1v) is 5.72. The minimum atomic E-state index is 0.485. The lowest BCUT2D eigenvalue weighted by Crippen LogP contribution is -2.03. The van der Waals surface area contributed by atoms with Crippen LogP contribution < -0.4 is 5.73 Å². The van der Waals surface area contributed by atoms with Gasteiger partial charge in [-0.15, -0.1) is 0 Å². The van der Waals surface area contributed by atoms with E-state index in [4.69, 9.17) is 5.73 Å². The third-order valence-corrected chi connectivity index (χ3v) is 2.87. The van der Waals surface area contributed by atoms with E-state index < -0.39 is 0 Å². The maximum Gasteiger partial charge on any atom is 0.163 e. The van der Waals surface area contributed by atoms with E-state index >= 15 is 0 Å². The fraction of sp³-hybridized carbons (Fsp3) is 0.154. The zero-order chi connectivity index (χ0) is 12.5. The fourth-order valence-electron chi connectivity index (χ4n) is 1.95. The molecular weight excluding hydrogens is 226 g/mol. The van der Waals surface area contributed by atoms with E-state index in [2.05, 4.69) is 15.1 Å². The minimum absolute atomic E-state index is 0.485.